The zero-order valence-electron chi connectivity index (χ0n) is 17.6. The third-order valence-corrected chi connectivity index (χ3v) is 4.86. The van der Waals surface area contributed by atoms with Gasteiger partial charge in [0.15, 0.2) is 22.5 Å². The Kier molecular flexibility index (Phi) is 7.05. The standard InChI is InChI=1S/C19H21ClN6O5S/c1-29-14-9-13(10-15(30-2)16(14)31-3)22-19-23-18(17(20)24-25-19)21-11-6-5-7-12(8-11)26-32(4,27)28/h5-10,26H,1-4H3,(H2,21,22,23,25). The van der Waals surface area contributed by atoms with Gasteiger partial charge < -0.3 is 24.8 Å². The minimum absolute atomic E-state index is 0.0296. The minimum atomic E-state index is -3.41. The SMILES string of the molecule is COc1cc(Nc2nnc(Cl)c(Nc3cccc(NS(C)(=O)=O)c3)n2)cc(OC)c1OC. The Morgan fingerprint density at radius 2 is 1.53 bits per heavy atom. The first-order chi connectivity index (χ1) is 15.2. The van der Waals surface area contributed by atoms with Crippen molar-refractivity contribution >= 4 is 50.5 Å². The molecule has 1 aromatic heterocycles. The minimum Gasteiger partial charge on any atom is -0.493 e. The molecule has 0 amide bonds. The lowest BCUT2D eigenvalue weighted by atomic mass is 10.2. The van der Waals surface area contributed by atoms with E-state index in [1.54, 1.807) is 36.4 Å². The van der Waals surface area contributed by atoms with Gasteiger partial charge in [0.2, 0.25) is 21.7 Å². The Hall–Kier alpha value is -3.51. The highest BCUT2D eigenvalue weighted by Gasteiger charge is 2.15. The van der Waals surface area contributed by atoms with E-state index in [1.807, 2.05) is 0 Å². The topological polar surface area (TPSA) is 137 Å². The van der Waals surface area contributed by atoms with Crippen molar-refractivity contribution in [3.63, 3.8) is 0 Å². The fourth-order valence-corrected chi connectivity index (χ4v) is 3.42. The van der Waals surface area contributed by atoms with E-state index in [2.05, 4.69) is 30.5 Å². The molecular weight excluding hydrogens is 460 g/mol. The second-order valence-corrected chi connectivity index (χ2v) is 8.50. The molecule has 0 saturated heterocycles. The van der Waals surface area contributed by atoms with E-state index < -0.39 is 10.0 Å². The highest BCUT2D eigenvalue weighted by Crippen LogP contribution is 2.40. The Labute approximate surface area is 190 Å². The number of sulfonamides is 1. The molecule has 0 saturated carbocycles. The van der Waals surface area contributed by atoms with Crippen molar-refractivity contribution < 1.29 is 22.6 Å². The maximum absolute atomic E-state index is 11.5. The summed E-state index contributed by atoms with van der Waals surface area (Å²) < 4.78 is 41.3. The fraction of sp³-hybridized carbons (Fsp3) is 0.211. The molecule has 0 atom stereocenters. The number of hydrogen-bond donors (Lipinski definition) is 3. The van der Waals surface area contributed by atoms with Crippen LogP contribution in [0.4, 0.5) is 28.8 Å². The molecule has 0 spiro atoms. The van der Waals surface area contributed by atoms with Crippen LogP contribution in [0, 0.1) is 0 Å². The number of rotatable bonds is 9. The molecule has 170 valence electrons. The number of aromatic nitrogens is 3. The van der Waals surface area contributed by atoms with Crippen LogP contribution in [-0.4, -0.2) is 51.2 Å². The van der Waals surface area contributed by atoms with Gasteiger partial charge in [0.25, 0.3) is 0 Å². The predicted octanol–water partition coefficient (Wildman–Crippen LogP) is 3.41. The predicted molar refractivity (Wildman–Crippen MR) is 122 cm³/mol. The molecule has 1 heterocycles. The van der Waals surface area contributed by atoms with E-state index in [4.69, 9.17) is 25.8 Å². The lowest BCUT2D eigenvalue weighted by Gasteiger charge is -2.15. The van der Waals surface area contributed by atoms with Gasteiger partial charge in [-0.1, -0.05) is 17.7 Å². The molecule has 3 aromatic rings. The van der Waals surface area contributed by atoms with Crippen molar-refractivity contribution in [2.75, 3.05) is 42.9 Å². The van der Waals surface area contributed by atoms with Gasteiger partial charge in [0.05, 0.1) is 33.3 Å². The molecule has 0 aliphatic heterocycles. The number of benzene rings is 2. The molecule has 32 heavy (non-hydrogen) atoms. The van der Waals surface area contributed by atoms with Gasteiger partial charge in [-0.3, -0.25) is 4.72 Å². The summed E-state index contributed by atoms with van der Waals surface area (Å²) in [4.78, 5) is 4.34. The lowest BCUT2D eigenvalue weighted by Crippen LogP contribution is -2.09. The van der Waals surface area contributed by atoms with Crippen LogP contribution >= 0.6 is 11.6 Å². The number of nitrogens with one attached hydrogen (secondary N) is 3. The molecule has 0 fully saturated rings. The van der Waals surface area contributed by atoms with Crippen LogP contribution in [0.25, 0.3) is 0 Å². The smallest absolute Gasteiger partial charge is 0.249 e. The third-order valence-electron chi connectivity index (χ3n) is 4.00. The fourth-order valence-electron chi connectivity index (χ4n) is 2.74. The maximum atomic E-state index is 11.5. The van der Waals surface area contributed by atoms with Gasteiger partial charge in [-0.25, -0.2) is 8.42 Å². The molecule has 11 nitrogen and oxygen atoms in total. The highest BCUT2D eigenvalue weighted by atomic mass is 35.5. The Morgan fingerprint density at radius 1 is 0.875 bits per heavy atom. The van der Waals surface area contributed by atoms with Crippen molar-refractivity contribution in [2.45, 2.75) is 0 Å². The molecule has 2 aromatic carbocycles. The van der Waals surface area contributed by atoms with E-state index in [0.29, 0.717) is 34.3 Å². The molecule has 0 radical (unpaired) electrons. The van der Waals surface area contributed by atoms with Crippen LogP contribution < -0.4 is 29.6 Å². The summed E-state index contributed by atoms with van der Waals surface area (Å²) in [6.07, 6.45) is 1.07. The van der Waals surface area contributed by atoms with Crippen molar-refractivity contribution in [1.29, 1.82) is 0 Å². The normalized spacial score (nSPS) is 10.9. The lowest BCUT2D eigenvalue weighted by molar-refractivity contribution is 0.324. The van der Waals surface area contributed by atoms with Gasteiger partial charge in [-0.2, -0.15) is 4.98 Å². The summed E-state index contributed by atoms with van der Waals surface area (Å²) in [5, 5.41) is 13.9. The summed E-state index contributed by atoms with van der Waals surface area (Å²) >= 11 is 6.14. The van der Waals surface area contributed by atoms with Crippen LogP contribution in [-0.2, 0) is 10.0 Å². The monoisotopic (exact) mass is 480 g/mol. The molecule has 0 aliphatic rings. The third kappa shape index (κ3) is 5.80. The number of nitrogens with zero attached hydrogens (tertiary/aromatic N) is 3. The molecule has 3 N–H and O–H groups in total. The molecule has 0 bridgehead atoms. The van der Waals surface area contributed by atoms with Gasteiger partial charge in [-0.15, -0.1) is 10.2 Å². The summed E-state index contributed by atoms with van der Waals surface area (Å²) in [5.74, 6) is 1.71. The van der Waals surface area contributed by atoms with Crippen molar-refractivity contribution in [3.05, 3.63) is 41.6 Å². The number of hydrogen-bond acceptors (Lipinski definition) is 10. The Bertz CT molecular complexity index is 1200. The average Bonchev–Trinajstić information content (AvgIpc) is 2.74. The molecule has 0 unspecified atom stereocenters. The Morgan fingerprint density at radius 3 is 2.12 bits per heavy atom. The first-order valence-corrected chi connectivity index (χ1v) is 11.3. The molecule has 0 aliphatic carbocycles. The average molecular weight is 481 g/mol. The van der Waals surface area contributed by atoms with E-state index in [-0.39, 0.29) is 16.9 Å². The van der Waals surface area contributed by atoms with Crippen LogP contribution in [0.1, 0.15) is 0 Å². The summed E-state index contributed by atoms with van der Waals surface area (Å²) in [6.45, 7) is 0. The van der Waals surface area contributed by atoms with Gasteiger partial charge in [0, 0.05) is 23.5 Å². The second-order valence-electron chi connectivity index (χ2n) is 6.39. The van der Waals surface area contributed by atoms with E-state index in [0.717, 1.165) is 6.26 Å². The number of methoxy groups -OCH3 is 3. The molecule has 13 heteroatoms. The number of anilines is 5. The van der Waals surface area contributed by atoms with Crippen LogP contribution in [0.3, 0.4) is 0 Å². The Balaban J connectivity index is 1.86. The molecule has 3 rings (SSSR count). The number of ether oxygens (including phenoxy) is 3. The molecular formula is C19H21ClN6O5S. The van der Waals surface area contributed by atoms with Crippen molar-refractivity contribution in [2.24, 2.45) is 0 Å². The summed E-state index contributed by atoms with van der Waals surface area (Å²) in [7, 11) is 1.12. The van der Waals surface area contributed by atoms with Gasteiger partial charge >= 0.3 is 0 Å². The maximum Gasteiger partial charge on any atom is 0.249 e. The van der Waals surface area contributed by atoms with Crippen molar-refractivity contribution in [1.82, 2.24) is 15.2 Å². The first-order valence-electron chi connectivity index (χ1n) is 9.04. The van der Waals surface area contributed by atoms with Crippen LogP contribution in [0.2, 0.25) is 5.15 Å². The second kappa shape index (κ2) is 9.75. The van der Waals surface area contributed by atoms with E-state index >= 15 is 0 Å². The van der Waals surface area contributed by atoms with E-state index in [1.165, 1.54) is 21.3 Å². The van der Waals surface area contributed by atoms with Crippen molar-refractivity contribution in [3.8, 4) is 17.2 Å². The summed E-state index contributed by atoms with van der Waals surface area (Å²) in [6, 6.07) is 9.97. The van der Waals surface area contributed by atoms with Crippen LogP contribution in [0.5, 0.6) is 17.2 Å². The zero-order valence-corrected chi connectivity index (χ0v) is 19.2. The van der Waals surface area contributed by atoms with Gasteiger partial charge in [0.1, 0.15) is 0 Å². The quantitative estimate of drug-likeness (QED) is 0.417. The first kappa shape index (κ1) is 23.2. The van der Waals surface area contributed by atoms with Gasteiger partial charge in [-0.05, 0) is 18.2 Å². The van der Waals surface area contributed by atoms with Crippen LogP contribution in [0.15, 0.2) is 36.4 Å². The highest BCUT2D eigenvalue weighted by molar-refractivity contribution is 7.92. The summed E-state index contributed by atoms with van der Waals surface area (Å²) in [5.41, 5.74) is 1.49. The largest absolute Gasteiger partial charge is 0.493 e. The zero-order chi connectivity index (χ0) is 23.3. The number of halogens is 1. The van der Waals surface area contributed by atoms with E-state index in [9.17, 15) is 8.42 Å².